The molecule has 1 aliphatic rings. The maximum absolute atomic E-state index is 13.5. The summed E-state index contributed by atoms with van der Waals surface area (Å²) in [6.07, 6.45) is 3.55. The average Bonchev–Trinajstić information content (AvgIpc) is 2.97. The van der Waals surface area contributed by atoms with Crippen molar-refractivity contribution in [1.82, 2.24) is 25.4 Å². The first-order valence-electron chi connectivity index (χ1n) is 15.0. The van der Waals surface area contributed by atoms with Crippen LogP contribution in [0.1, 0.15) is 43.9 Å². The molecule has 1 aromatic heterocycles. The van der Waals surface area contributed by atoms with Crippen LogP contribution in [-0.4, -0.2) is 80.7 Å². The highest BCUT2D eigenvalue weighted by Crippen LogP contribution is 2.20. The monoisotopic (exact) mass is 587 g/mol. The standard InChI is InChI=1S/C34H45N5O4/c1-34(2,3)37-33(43)31-24-38(22-27-10-7-15-35-20-27)16-17-39(31)23-30(41)19-28(18-25-8-5-4-6-9-25)32(42)36-21-26-11-13-29(40)14-12-26/h4-15,20,28,30-31,40-41H,16-19,21-24H2,1-3H3,(H,36,42)(H,37,43)/t28-,30+,31+/m1/s1. The van der Waals surface area contributed by atoms with Gasteiger partial charge in [0.25, 0.3) is 0 Å². The van der Waals surface area contributed by atoms with Gasteiger partial charge in [0.05, 0.1) is 6.10 Å². The number of nitrogens with zero attached hydrogens (tertiary/aromatic N) is 3. The minimum atomic E-state index is -0.803. The second kappa shape index (κ2) is 15.1. The van der Waals surface area contributed by atoms with Crippen LogP contribution >= 0.6 is 0 Å². The number of hydrogen-bond donors (Lipinski definition) is 4. The number of phenols is 1. The summed E-state index contributed by atoms with van der Waals surface area (Å²) in [4.78, 5) is 35.4. The number of carbonyl (C=O) groups is 2. The lowest BCUT2D eigenvalue weighted by molar-refractivity contribution is -0.132. The maximum Gasteiger partial charge on any atom is 0.239 e. The zero-order chi connectivity index (χ0) is 30.8. The van der Waals surface area contributed by atoms with E-state index in [4.69, 9.17) is 0 Å². The van der Waals surface area contributed by atoms with E-state index in [0.29, 0.717) is 39.1 Å². The van der Waals surface area contributed by atoms with Gasteiger partial charge in [-0.25, -0.2) is 0 Å². The number of β-amino-alcohol motifs (C(OH)–C–C–N with tert-alkyl or cyclic N) is 1. The van der Waals surface area contributed by atoms with Gasteiger partial charge < -0.3 is 20.8 Å². The zero-order valence-electron chi connectivity index (χ0n) is 25.4. The molecule has 0 aliphatic carbocycles. The lowest BCUT2D eigenvalue weighted by Crippen LogP contribution is -2.61. The predicted molar refractivity (Wildman–Crippen MR) is 167 cm³/mol. The fraction of sp³-hybridized carbons (Fsp3) is 0.441. The van der Waals surface area contributed by atoms with Gasteiger partial charge in [0.2, 0.25) is 11.8 Å². The Balaban J connectivity index is 1.43. The molecule has 1 saturated heterocycles. The Labute approximate surface area is 254 Å². The number of aliphatic hydroxyl groups is 1. The molecule has 4 N–H and O–H groups in total. The molecule has 9 heteroatoms. The Hall–Kier alpha value is -3.79. The molecule has 2 aromatic carbocycles. The van der Waals surface area contributed by atoms with E-state index in [2.05, 4.69) is 25.4 Å². The number of hydrogen-bond acceptors (Lipinski definition) is 7. The van der Waals surface area contributed by atoms with Crippen molar-refractivity contribution in [1.29, 1.82) is 0 Å². The molecule has 2 amide bonds. The van der Waals surface area contributed by atoms with Gasteiger partial charge in [-0.3, -0.25) is 24.4 Å². The summed E-state index contributed by atoms with van der Waals surface area (Å²) in [5, 5.41) is 27.0. The first-order valence-corrected chi connectivity index (χ1v) is 15.0. The fourth-order valence-corrected chi connectivity index (χ4v) is 5.49. The molecule has 1 fully saturated rings. The minimum Gasteiger partial charge on any atom is -0.508 e. The SMILES string of the molecule is CC(C)(C)NC(=O)[C@@H]1CN(Cc2cccnc2)CCN1C[C@@H](O)C[C@@H](Cc1ccccc1)C(=O)NCc1ccc(O)cc1. The van der Waals surface area contributed by atoms with E-state index < -0.39 is 18.1 Å². The van der Waals surface area contributed by atoms with E-state index in [9.17, 15) is 19.8 Å². The van der Waals surface area contributed by atoms with Gasteiger partial charge in [0.1, 0.15) is 11.8 Å². The lowest BCUT2D eigenvalue weighted by Gasteiger charge is -2.42. The van der Waals surface area contributed by atoms with Gasteiger partial charge in [-0.15, -0.1) is 0 Å². The third-order valence-corrected chi connectivity index (χ3v) is 7.61. The van der Waals surface area contributed by atoms with E-state index in [0.717, 1.165) is 23.2 Å². The van der Waals surface area contributed by atoms with Crippen molar-refractivity contribution in [2.75, 3.05) is 26.2 Å². The van der Waals surface area contributed by atoms with Crippen molar-refractivity contribution >= 4 is 11.8 Å². The quantitative estimate of drug-likeness (QED) is 0.257. The molecule has 1 aliphatic heterocycles. The summed E-state index contributed by atoms with van der Waals surface area (Å²) in [7, 11) is 0. The minimum absolute atomic E-state index is 0.0666. The van der Waals surface area contributed by atoms with Crippen molar-refractivity contribution in [3.8, 4) is 5.75 Å². The van der Waals surface area contributed by atoms with Crippen molar-refractivity contribution in [3.05, 3.63) is 95.8 Å². The number of piperazine rings is 1. The topological polar surface area (TPSA) is 118 Å². The summed E-state index contributed by atoms with van der Waals surface area (Å²) in [6, 6.07) is 20.0. The summed E-state index contributed by atoms with van der Waals surface area (Å²) >= 11 is 0. The largest absolute Gasteiger partial charge is 0.508 e. The molecule has 0 spiro atoms. The normalized spacial score (nSPS) is 17.6. The van der Waals surface area contributed by atoms with Crippen LogP contribution in [0.5, 0.6) is 5.75 Å². The number of carbonyl (C=O) groups excluding carboxylic acids is 2. The average molecular weight is 588 g/mol. The molecule has 4 rings (SSSR count). The van der Waals surface area contributed by atoms with Crippen LogP contribution in [0.4, 0.5) is 0 Å². The van der Waals surface area contributed by atoms with Gasteiger partial charge in [-0.2, -0.15) is 0 Å². The number of aliphatic hydroxyl groups excluding tert-OH is 1. The molecule has 3 aromatic rings. The molecular formula is C34H45N5O4. The molecular weight excluding hydrogens is 542 g/mol. The Morgan fingerprint density at radius 3 is 2.37 bits per heavy atom. The first kappa shape index (κ1) is 32.1. The maximum atomic E-state index is 13.5. The third-order valence-electron chi connectivity index (χ3n) is 7.61. The lowest BCUT2D eigenvalue weighted by atomic mass is 9.92. The van der Waals surface area contributed by atoms with Crippen LogP contribution in [0.3, 0.4) is 0 Å². The van der Waals surface area contributed by atoms with E-state index in [1.807, 2.05) is 69.4 Å². The Morgan fingerprint density at radius 1 is 0.977 bits per heavy atom. The smallest absolute Gasteiger partial charge is 0.239 e. The van der Waals surface area contributed by atoms with Crippen LogP contribution in [0, 0.1) is 5.92 Å². The summed E-state index contributed by atoms with van der Waals surface area (Å²) in [6.45, 7) is 9.11. The zero-order valence-corrected chi connectivity index (χ0v) is 25.4. The van der Waals surface area contributed by atoms with Gasteiger partial charge in [0.15, 0.2) is 0 Å². The van der Waals surface area contributed by atoms with Crippen LogP contribution in [0.25, 0.3) is 0 Å². The number of aromatic nitrogens is 1. The van der Waals surface area contributed by atoms with Gasteiger partial charge >= 0.3 is 0 Å². The van der Waals surface area contributed by atoms with Gasteiger partial charge in [0, 0.05) is 63.1 Å². The predicted octanol–water partition coefficient (Wildman–Crippen LogP) is 3.11. The molecule has 230 valence electrons. The van der Waals surface area contributed by atoms with Crippen molar-refractivity contribution in [2.24, 2.45) is 5.92 Å². The molecule has 0 saturated carbocycles. The molecule has 9 nitrogen and oxygen atoms in total. The highest BCUT2D eigenvalue weighted by atomic mass is 16.3. The van der Waals surface area contributed by atoms with E-state index >= 15 is 0 Å². The van der Waals surface area contributed by atoms with Crippen LogP contribution in [-0.2, 0) is 29.1 Å². The number of benzene rings is 2. The van der Waals surface area contributed by atoms with E-state index in [-0.39, 0.29) is 29.5 Å². The van der Waals surface area contributed by atoms with Crippen molar-refractivity contribution in [2.45, 2.75) is 64.4 Å². The molecule has 2 heterocycles. The van der Waals surface area contributed by atoms with Crippen LogP contribution in [0.2, 0.25) is 0 Å². The second-order valence-corrected chi connectivity index (χ2v) is 12.5. The molecule has 0 bridgehead atoms. The second-order valence-electron chi connectivity index (χ2n) is 12.5. The number of nitrogens with one attached hydrogen (secondary N) is 2. The van der Waals surface area contributed by atoms with Gasteiger partial charge in [-0.05, 0) is 68.5 Å². The molecule has 0 radical (unpaired) electrons. The highest BCUT2D eigenvalue weighted by molar-refractivity contribution is 5.83. The summed E-state index contributed by atoms with van der Waals surface area (Å²) in [5.41, 5.74) is 2.60. The summed E-state index contributed by atoms with van der Waals surface area (Å²) < 4.78 is 0. The molecule has 3 atom stereocenters. The third kappa shape index (κ3) is 10.5. The Bertz CT molecular complexity index is 1300. The van der Waals surface area contributed by atoms with Crippen molar-refractivity contribution in [3.63, 3.8) is 0 Å². The Morgan fingerprint density at radius 2 is 1.70 bits per heavy atom. The van der Waals surface area contributed by atoms with Gasteiger partial charge in [-0.1, -0.05) is 48.5 Å². The number of aromatic hydroxyl groups is 1. The van der Waals surface area contributed by atoms with Crippen LogP contribution in [0.15, 0.2) is 79.1 Å². The first-order chi connectivity index (χ1) is 20.6. The van der Waals surface area contributed by atoms with E-state index in [1.165, 1.54) is 0 Å². The highest BCUT2D eigenvalue weighted by Gasteiger charge is 2.35. The van der Waals surface area contributed by atoms with Crippen LogP contribution < -0.4 is 10.6 Å². The fourth-order valence-electron chi connectivity index (χ4n) is 5.49. The molecule has 43 heavy (non-hydrogen) atoms. The number of amides is 2. The van der Waals surface area contributed by atoms with Crippen molar-refractivity contribution < 1.29 is 19.8 Å². The summed E-state index contributed by atoms with van der Waals surface area (Å²) in [5.74, 6) is -0.488. The number of phenolic OH excluding ortho intramolecular Hbond substituents is 1. The number of rotatable bonds is 12. The Kier molecular flexibility index (Phi) is 11.3. The molecule has 0 unspecified atom stereocenters. The van der Waals surface area contributed by atoms with E-state index in [1.54, 1.807) is 30.5 Å². The number of pyridine rings is 1.